The second kappa shape index (κ2) is 9.83. The van der Waals surface area contributed by atoms with Crippen LogP contribution >= 0.6 is 23.1 Å². The number of aromatic nitrogens is 3. The molecule has 3 aromatic rings. The molecule has 0 spiro atoms. The summed E-state index contributed by atoms with van der Waals surface area (Å²) in [6.07, 6.45) is -4.76. The van der Waals surface area contributed by atoms with E-state index >= 15 is 0 Å². The van der Waals surface area contributed by atoms with E-state index in [4.69, 9.17) is 4.74 Å². The molecule has 13 heteroatoms. The highest BCUT2D eigenvalue weighted by molar-refractivity contribution is 8.02. The first kappa shape index (κ1) is 24.6. The van der Waals surface area contributed by atoms with E-state index in [1.54, 1.807) is 20.8 Å². The first-order valence-corrected chi connectivity index (χ1v) is 11.1. The summed E-state index contributed by atoms with van der Waals surface area (Å²) in [5, 5.41) is 10.9. The number of carbonyl (C=O) groups excluding carboxylic acids is 2. The molecule has 0 aliphatic heterocycles. The maximum Gasteiger partial charge on any atom is 0.573 e. The average Bonchev–Trinajstić information content (AvgIpc) is 3.30. The monoisotopic (exact) mass is 500 g/mol. The predicted molar refractivity (Wildman–Crippen MR) is 118 cm³/mol. The summed E-state index contributed by atoms with van der Waals surface area (Å²) in [6, 6.07) is 5.18. The van der Waals surface area contributed by atoms with Crippen molar-refractivity contribution in [3.05, 3.63) is 46.8 Å². The fourth-order valence-electron chi connectivity index (χ4n) is 2.98. The molecular weight excluding hydrogens is 481 g/mol. The third-order valence-electron chi connectivity index (χ3n) is 4.47. The molecule has 0 amide bonds. The second-order valence-electron chi connectivity index (χ2n) is 6.81. The Bertz CT molecular complexity index is 1160. The van der Waals surface area contributed by atoms with E-state index in [9.17, 15) is 22.8 Å². The van der Waals surface area contributed by atoms with E-state index in [1.165, 1.54) is 54.5 Å². The van der Waals surface area contributed by atoms with E-state index in [0.717, 1.165) is 0 Å². The first-order valence-electron chi connectivity index (χ1n) is 9.43. The maximum absolute atomic E-state index is 12.9. The summed E-state index contributed by atoms with van der Waals surface area (Å²) in [5.74, 6) is -1.06. The van der Waals surface area contributed by atoms with Gasteiger partial charge in [0.25, 0.3) is 0 Å². The number of carbonyl (C=O) groups is 2. The maximum atomic E-state index is 12.9. The number of hydrogen-bond acceptors (Lipinski definition) is 9. The van der Waals surface area contributed by atoms with Crippen LogP contribution in [0.2, 0.25) is 0 Å². The third-order valence-corrected chi connectivity index (χ3v) is 6.49. The lowest BCUT2D eigenvalue weighted by Gasteiger charge is -2.09. The number of rotatable bonds is 8. The second-order valence-corrected chi connectivity index (χ2v) is 9.38. The van der Waals surface area contributed by atoms with E-state index in [-0.39, 0.29) is 11.5 Å². The van der Waals surface area contributed by atoms with Gasteiger partial charge in [-0.1, -0.05) is 23.1 Å². The van der Waals surface area contributed by atoms with Gasteiger partial charge in [0, 0.05) is 11.4 Å². The zero-order valence-electron chi connectivity index (χ0n) is 17.9. The van der Waals surface area contributed by atoms with Gasteiger partial charge in [0.2, 0.25) is 5.13 Å². The number of anilines is 2. The number of halogens is 3. The van der Waals surface area contributed by atoms with Crippen LogP contribution < -0.4 is 10.1 Å². The van der Waals surface area contributed by atoms with Gasteiger partial charge < -0.3 is 19.8 Å². The molecule has 1 aromatic carbocycles. The van der Waals surface area contributed by atoms with Crippen molar-refractivity contribution in [1.29, 1.82) is 0 Å². The molecule has 0 aliphatic carbocycles. The fraction of sp³-hybridized carbons (Fsp3) is 0.300. The van der Waals surface area contributed by atoms with Crippen molar-refractivity contribution in [3.63, 3.8) is 0 Å². The Morgan fingerprint density at radius 2 is 1.85 bits per heavy atom. The van der Waals surface area contributed by atoms with Gasteiger partial charge in [-0.25, -0.2) is 4.79 Å². The molecule has 1 atom stereocenters. The van der Waals surface area contributed by atoms with Crippen LogP contribution in [0, 0.1) is 13.8 Å². The van der Waals surface area contributed by atoms with E-state index in [2.05, 4.69) is 25.2 Å². The number of nitrogens with zero attached hydrogens (tertiary/aromatic N) is 2. The molecule has 33 heavy (non-hydrogen) atoms. The van der Waals surface area contributed by atoms with Crippen LogP contribution in [0.5, 0.6) is 5.75 Å². The van der Waals surface area contributed by atoms with Gasteiger partial charge in [-0.2, -0.15) is 0 Å². The molecule has 0 fully saturated rings. The van der Waals surface area contributed by atoms with Gasteiger partial charge in [-0.3, -0.25) is 4.79 Å². The van der Waals surface area contributed by atoms with Crippen molar-refractivity contribution in [2.45, 2.75) is 36.7 Å². The molecule has 2 heterocycles. The van der Waals surface area contributed by atoms with E-state index in [0.29, 0.717) is 37.7 Å². The van der Waals surface area contributed by atoms with Gasteiger partial charge in [-0.05, 0) is 50.6 Å². The summed E-state index contributed by atoms with van der Waals surface area (Å²) < 4.78 is 45.9. The van der Waals surface area contributed by atoms with Crippen LogP contribution in [-0.4, -0.2) is 45.7 Å². The zero-order valence-corrected chi connectivity index (χ0v) is 19.5. The smallest absolute Gasteiger partial charge is 0.465 e. The molecule has 0 radical (unpaired) electrons. The van der Waals surface area contributed by atoms with Crippen LogP contribution in [0.4, 0.5) is 24.0 Å². The lowest BCUT2D eigenvalue weighted by molar-refractivity contribution is -0.274. The van der Waals surface area contributed by atoms with Gasteiger partial charge in [0.15, 0.2) is 10.1 Å². The first-order chi connectivity index (χ1) is 15.5. The number of aryl methyl sites for hydroxylation is 1. The Kier molecular flexibility index (Phi) is 7.32. The van der Waals surface area contributed by atoms with E-state index < -0.39 is 17.6 Å². The predicted octanol–water partition coefficient (Wildman–Crippen LogP) is 5.28. The number of thioether (sulfide) groups is 1. The number of ether oxygens (including phenoxy) is 2. The highest BCUT2D eigenvalue weighted by atomic mass is 32.2. The number of methoxy groups -OCH3 is 1. The lowest BCUT2D eigenvalue weighted by atomic mass is 10.1. The molecule has 176 valence electrons. The number of esters is 1. The van der Waals surface area contributed by atoms with Crippen molar-refractivity contribution < 1.29 is 32.2 Å². The minimum Gasteiger partial charge on any atom is -0.465 e. The Hall–Kier alpha value is -3.06. The van der Waals surface area contributed by atoms with Crippen LogP contribution in [0.1, 0.15) is 39.0 Å². The van der Waals surface area contributed by atoms with Crippen LogP contribution in [-0.2, 0) is 4.74 Å². The van der Waals surface area contributed by atoms with Crippen LogP contribution in [0.15, 0.2) is 28.6 Å². The van der Waals surface area contributed by atoms with Gasteiger partial charge in [0.1, 0.15) is 5.75 Å². The molecule has 2 N–H and O–H groups in total. The van der Waals surface area contributed by atoms with Crippen molar-refractivity contribution >= 4 is 45.7 Å². The van der Waals surface area contributed by atoms with Gasteiger partial charge >= 0.3 is 12.3 Å². The van der Waals surface area contributed by atoms with Crippen molar-refractivity contribution in [2.24, 2.45) is 0 Å². The number of aromatic amines is 1. The summed E-state index contributed by atoms with van der Waals surface area (Å²) in [7, 11) is 1.28. The minimum absolute atomic E-state index is 0.208. The van der Waals surface area contributed by atoms with Gasteiger partial charge in [0.05, 0.1) is 23.6 Å². The number of ketones is 1. The molecule has 0 saturated heterocycles. The summed E-state index contributed by atoms with van der Waals surface area (Å²) in [6.45, 7) is 5.09. The van der Waals surface area contributed by atoms with Crippen molar-refractivity contribution in [2.75, 3.05) is 12.4 Å². The highest BCUT2D eigenvalue weighted by Crippen LogP contribution is 2.33. The number of hydrogen-bond donors (Lipinski definition) is 2. The van der Waals surface area contributed by atoms with Crippen LogP contribution in [0.25, 0.3) is 0 Å². The van der Waals surface area contributed by atoms with Crippen molar-refractivity contribution in [3.8, 4) is 5.75 Å². The average molecular weight is 501 g/mol. The number of H-pyrrole nitrogens is 1. The zero-order chi connectivity index (χ0) is 24.3. The molecule has 0 saturated carbocycles. The molecule has 0 bridgehead atoms. The normalized spacial score (nSPS) is 12.3. The minimum atomic E-state index is -4.76. The molecule has 2 aromatic heterocycles. The molecule has 0 aliphatic rings. The summed E-state index contributed by atoms with van der Waals surface area (Å²) in [5.41, 5.74) is 2.24. The Balaban J connectivity index is 1.64. The number of alkyl halides is 3. The fourth-order valence-corrected chi connectivity index (χ4v) is 4.96. The lowest BCUT2D eigenvalue weighted by Crippen LogP contribution is -2.16. The molecule has 0 unspecified atom stereocenters. The quantitative estimate of drug-likeness (QED) is 0.245. The van der Waals surface area contributed by atoms with Crippen molar-refractivity contribution in [1.82, 2.24) is 15.2 Å². The Morgan fingerprint density at radius 1 is 1.18 bits per heavy atom. The van der Waals surface area contributed by atoms with Gasteiger partial charge in [-0.15, -0.1) is 23.4 Å². The summed E-state index contributed by atoms with van der Waals surface area (Å²) in [4.78, 5) is 27.8. The topological polar surface area (TPSA) is 106 Å². The molecular formula is C20H19F3N4O4S2. The SMILES string of the molecule is COC(=O)c1c(C)[nH]c(C(=O)[C@H](C)Sc2nnc(Nc3ccc(OC(F)(F)F)cc3)s2)c1C. The standard InChI is InChI=1S/C20H19F3N4O4S2/c1-9-14(17(29)30-4)10(2)24-15(9)16(28)11(3)32-19-27-26-18(33-19)25-12-5-7-13(8-6-12)31-20(21,22)23/h5-8,11,24H,1-4H3,(H,25,26)/t11-/m0/s1. The van der Waals surface area contributed by atoms with Crippen LogP contribution in [0.3, 0.4) is 0 Å². The number of benzene rings is 1. The third kappa shape index (κ3) is 6.05. The number of Topliss-reactive ketones (excluding diaryl/α,β-unsaturated/α-hetero) is 1. The largest absolute Gasteiger partial charge is 0.573 e. The molecule has 3 rings (SSSR count). The number of nitrogens with one attached hydrogen (secondary N) is 2. The summed E-state index contributed by atoms with van der Waals surface area (Å²) >= 11 is 2.38. The van der Waals surface area contributed by atoms with E-state index in [1.807, 2.05) is 0 Å². The highest BCUT2D eigenvalue weighted by Gasteiger charge is 2.31. The Labute approximate surface area is 194 Å². The molecule has 8 nitrogen and oxygen atoms in total. The Morgan fingerprint density at radius 3 is 2.45 bits per heavy atom.